The minimum absolute atomic E-state index is 0.115. The lowest BCUT2D eigenvalue weighted by molar-refractivity contribution is 0.0635. The van der Waals surface area contributed by atoms with E-state index >= 15 is 0 Å². The molecular weight excluding hydrogens is 238 g/mol. The molecule has 6 heteroatoms. The minimum Gasteiger partial charge on any atom is -0.444 e. The van der Waals surface area contributed by atoms with Crippen LogP contribution in [0.15, 0.2) is 24.3 Å². The number of anilines is 1. The van der Waals surface area contributed by atoms with Crippen molar-refractivity contribution in [3.8, 4) is 5.75 Å². The summed E-state index contributed by atoms with van der Waals surface area (Å²) in [5.41, 5.74) is -0.114. The second kappa shape index (κ2) is 5.39. The molecule has 1 aromatic carbocycles. The molecular formula is C12H14NO5. The van der Waals surface area contributed by atoms with Crippen molar-refractivity contribution in [3.05, 3.63) is 24.3 Å². The van der Waals surface area contributed by atoms with Crippen molar-refractivity contribution in [2.45, 2.75) is 26.4 Å². The van der Waals surface area contributed by atoms with Gasteiger partial charge in [-0.2, -0.15) is 9.90 Å². The first-order valence-electron chi connectivity index (χ1n) is 5.25. The molecule has 1 amide bonds. The van der Waals surface area contributed by atoms with Gasteiger partial charge in [-0.25, -0.2) is 4.79 Å². The Morgan fingerprint density at radius 3 is 2.11 bits per heavy atom. The molecule has 18 heavy (non-hydrogen) atoms. The highest BCUT2D eigenvalue weighted by Gasteiger charge is 2.16. The molecule has 1 rings (SSSR count). The largest absolute Gasteiger partial charge is 0.555 e. The molecule has 0 saturated carbocycles. The van der Waals surface area contributed by atoms with Gasteiger partial charge in [0.25, 0.3) is 0 Å². The fourth-order valence-corrected chi connectivity index (χ4v) is 1.12. The van der Waals surface area contributed by atoms with Crippen molar-refractivity contribution in [2.75, 3.05) is 5.32 Å². The van der Waals surface area contributed by atoms with Crippen LogP contribution in [0.25, 0.3) is 0 Å². The Labute approximate surface area is 105 Å². The van der Waals surface area contributed by atoms with Crippen LogP contribution >= 0.6 is 0 Å². The third-order valence-electron chi connectivity index (χ3n) is 1.70. The fourth-order valence-electron chi connectivity index (χ4n) is 1.12. The first-order chi connectivity index (χ1) is 8.26. The van der Waals surface area contributed by atoms with E-state index in [9.17, 15) is 14.7 Å². The predicted molar refractivity (Wildman–Crippen MR) is 63.0 cm³/mol. The second-order valence-corrected chi connectivity index (χ2v) is 4.50. The Balaban J connectivity index is 2.58. The summed E-state index contributed by atoms with van der Waals surface area (Å²) in [5, 5.41) is 12.7. The monoisotopic (exact) mass is 252 g/mol. The number of ether oxygens (including phenoxy) is 2. The number of nitrogens with one attached hydrogen (secondary N) is 1. The maximum absolute atomic E-state index is 11.4. The van der Waals surface area contributed by atoms with Crippen molar-refractivity contribution in [1.82, 2.24) is 0 Å². The van der Waals surface area contributed by atoms with E-state index in [4.69, 9.17) is 4.74 Å². The smallest absolute Gasteiger partial charge is 0.444 e. The lowest BCUT2D eigenvalue weighted by Gasteiger charge is -2.19. The van der Waals surface area contributed by atoms with Gasteiger partial charge in [0.15, 0.2) is 0 Å². The lowest BCUT2D eigenvalue weighted by atomic mass is 10.2. The van der Waals surface area contributed by atoms with Crippen LogP contribution in [0.3, 0.4) is 0 Å². The van der Waals surface area contributed by atoms with Gasteiger partial charge in [0, 0.05) is 5.69 Å². The molecule has 6 nitrogen and oxygen atoms in total. The average Bonchev–Trinajstić information content (AvgIpc) is 2.17. The molecule has 0 aliphatic rings. The Bertz CT molecular complexity index is 433. The SMILES string of the molecule is CC(C)(C)OC(=O)Nc1ccc(OC([O])=O)cc1. The quantitative estimate of drug-likeness (QED) is 0.647. The van der Waals surface area contributed by atoms with E-state index in [1.54, 1.807) is 20.8 Å². The van der Waals surface area contributed by atoms with Crippen LogP contribution in [0.4, 0.5) is 15.3 Å². The highest BCUT2D eigenvalue weighted by atomic mass is 16.7. The van der Waals surface area contributed by atoms with E-state index in [-0.39, 0.29) is 5.75 Å². The van der Waals surface area contributed by atoms with Crippen LogP contribution in [0.2, 0.25) is 0 Å². The van der Waals surface area contributed by atoms with Gasteiger partial charge in [-0.1, -0.05) is 0 Å². The molecule has 0 aliphatic heterocycles. The molecule has 0 bridgehead atoms. The van der Waals surface area contributed by atoms with Crippen molar-refractivity contribution in [1.29, 1.82) is 0 Å². The summed E-state index contributed by atoms with van der Waals surface area (Å²) in [6, 6.07) is 5.76. The highest BCUT2D eigenvalue weighted by molar-refractivity contribution is 5.84. The van der Waals surface area contributed by atoms with E-state index in [1.807, 2.05) is 0 Å². The highest BCUT2D eigenvalue weighted by Crippen LogP contribution is 2.17. The third-order valence-corrected chi connectivity index (χ3v) is 1.70. The Kier molecular flexibility index (Phi) is 4.14. The number of amides is 1. The van der Waals surface area contributed by atoms with Crippen LogP contribution in [0, 0.1) is 0 Å². The van der Waals surface area contributed by atoms with Crippen molar-refractivity contribution >= 4 is 17.9 Å². The van der Waals surface area contributed by atoms with Gasteiger partial charge < -0.3 is 9.47 Å². The van der Waals surface area contributed by atoms with Crippen LogP contribution in [0.5, 0.6) is 5.75 Å². The van der Waals surface area contributed by atoms with Gasteiger partial charge in [-0.3, -0.25) is 5.32 Å². The molecule has 1 N–H and O–H groups in total. The number of rotatable bonds is 2. The number of carbonyl (C=O) groups excluding carboxylic acids is 2. The normalized spacial score (nSPS) is 10.6. The number of benzene rings is 1. The summed E-state index contributed by atoms with van der Waals surface area (Å²) in [6.45, 7) is 5.26. The summed E-state index contributed by atoms with van der Waals surface area (Å²) in [6.07, 6.45) is -2.22. The molecule has 0 saturated heterocycles. The molecule has 0 fully saturated rings. The zero-order valence-corrected chi connectivity index (χ0v) is 10.4. The van der Waals surface area contributed by atoms with Gasteiger partial charge in [0.2, 0.25) is 0 Å². The first kappa shape index (κ1) is 13.8. The summed E-state index contributed by atoms with van der Waals surface area (Å²) < 4.78 is 9.37. The summed E-state index contributed by atoms with van der Waals surface area (Å²) in [5.74, 6) is 0.115. The Morgan fingerprint density at radius 1 is 1.11 bits per heavy atom. The van der Waals surface area contributed by atoms with Crippen LogP contribution in [-0.2, 0) is 9.84 Å². The topological polar surface area (TPSA) is 84.5 Å². The Morgan fingerprint density at radius 2 is 1.67 bits per heavy atom. The average molecular weight is 252 g/mol. The van der Waals surface area contributed by atoms with Crippen molar-refractivity contribution < 1.29 is 24.2 Å². The zero-order valence-electron chi connectivity index (χ0n) is 10.4. The molecule has 0 aliphatic carbocycles. The standard InChI is InChI=1S/C12H14NO5/c1-12(2,3)18-10(14)13-8-4-6-9(7-5-8)17-11(15)16/h4-7H,1-3H3,(H,13,14). The second-order valence-electron chi connectivity index (χ2n) is 4.50. The number of hydrogen-bond donors (Lipinski definition) is 1. The lowest BCUT2D eigenvalue weighted by Crippen LogP contribution is -2.27. The molecule has 0 atom stereocenters. The summed E-state index contributed by atoms with van der Waals surface area (Å²) >= 11 is 0. The van der Waals surface area contributed by atoms with Crippen molar-refractivity contribution in [2.24, 2.45) is 0 Å². The number of hydrogen-bond acceptors (Lipinski definition) is 4. The zero-order chi connectivity index (χ0) is 13.8. The number of carbonyl (C=O) groups is 2. The van der Waals surface area contributed by atoms with Gasteiger partial charge >= 0.3 is 12.2 Å². The first-order valence-corrected chi connectivity index (χ1v) is 5.25. The van der Waals surface area contributed by atoms with Gasteiger partial charge in [-0.05, 0) is 45.0 Å². The summed E-state index contributed by atoms with van der Waals surface area (Å²) in [4.78, 5) is 21.6. The molecule has 0 spiro atoms. The van der Waals surface area contributed by atoms with E-state index in [0.717, 1.165) is 0 Å². The molecule has 0 unspecified atom stereocenters. The van der Waals surface area contributed by atoms with E-state index in [0.29, 0.717) is 5.69 Å². The predicted octanol–water partition coefficient (Wildman–Crippen LogP) is 2.96. The van der Waals surface area contributed by atoms with E-state index in [2.05, 4.69) is 10.1 Å². The Hall–Kier alpha value is -2.24. The summed E-state index contributed by atoms with van der Waals surface area (Å²) in [7, 11) is 0. The van der Waals surface area contributed by atoms with Crippen LogP contribution in [0.1, 0.15) is 20.8 Å². The van der Waals surface area contributed by atoms with Crippen LogP contribution < -0.4 is 10.1 Å². The molecule has 97 valence electrons. The maximum atomic E-state index is 11.4. The van der Waals surface area contributed by atoms with Gasteiger partial charge in [0.1, 0.15) is 11.4 Å². The minimum atomic E-state index is -1.64. The van der Waals surface area contributed by atoms with E-state index in [1.165, 1.54) is 24.3 Å². The molecule has 0 aromatic heterocycles. The van der Waals surface area contributed by atoms with Gasteiger partial charge in [0.05, 0.1) is 0 Å². The molecule has 1 radical (unpaired) electrons. The van der Waals surface area contributed by atoms with Crippen LogP contribution in [-0.4, -0.2) is 17.8 Å². The van der Waals surface area contributed by atoms with Crippen molar-refractivity contribution in [3.63, 3.8) is 0 Å². The maximum Gasteiger partial charge on any atom is 0.555 e. The molecule has 1 aromatic rings. The van der Waals surface area contributed by atoms with Gasteiger partial charge in [-0.15, -0.1) is 0 Å². The van der Waals surface area contributed by atoms with E-state index < -0.39 is 17.8 Å². The molecule has 0 heterocycles. The fraction of sp³-hybridized carbons (Fsp3) is 0.333. The third kappa shape index (κ3) is 5.20.